The molecule has 0 N–H and O–H groups in total. The molecule has 1 aliphatic heterocycles. The van der Waals surface area contributed by atoms with E-state index in [1.807, 2.05) is 39.5 Å². The molecule has 0 aliphatic carbocycles. The van der Waals surface area contributed by atoms with Crippen molar-refractivity contribution in [3.05, 3.63) is 69.9 Å². The predicted octanol–water partition coefficient (Wildman–Crippen LogP) is 2.59. The van der Waals surface area contributed by atoms with E-state index in [9.17, 15) is 4.79 Å². The van der Waals surface area contributed by atoms with E-state index in [1.54, 1.807) is 17.4 Å². The first kappa shape index (κ1) is 14.1. The fourth-order valence-electron chi connectivity index (χ4n) is 2.79. The topological polar surface area (TPSA) is 51.0 Å². The number of amides is 1. The smallest absolute Gasteiger partial charge is 0.274 e. The number of aromatic nitrogens is 3. The molecule has 0 saturated heterocycles. The van der Waals surface area contributed by atoms with Crippen LogP contribution in [0.15, 0.2) is 48.1 Å². The number of thiazole rings is 1. The Bertz CT molecular complexity index is 824. The molecule has 3 heterocycles. The van der Waals surface area contributed by atoms with Crippen molar-refractivity contribution in [2.75, 3.05) is 6.54 Å². The zero-order chi connectivity index (χ0) is 15.6. The number of carbonyl (C=O) groups is 1. The highest BCUT2D eigenvalue weighted by Crippen LogP contribution is 2.22. The van der Waals surface area contributed by atoms with Gasteiger partial charge in [0.15, 0.2) is 0 Å². The third kappa shape index (κ3) is 2.90. The van der Waals surface area contributed by atoms with E-state index in [0.29, 0.717) is 25.3 Å². The van der Waals surface area contributed by atoms with Crippen molar-refractivity contribution < 1.29 is 4.79 Å². The van der Waals surface area contributed by atoms with E-state index in [-0.39, 0.29) is 5.91 Å². The molecular weight excluding hydrogens is 308 g/mol. The highest BCUT2D eigenvalue weighted by molar-refractivity contribution is 7.09. The van der Waals surface area contributed by atoms with Crippen LogP contribution in [0.25, 0.3) is 0 Å². The third-order valence-electron chi connectivity index (χ3n) is 4.01. The second-order valence-corrected chi connectivity index (χ2v) is 6.52. The van der Waals surface area contributed by atoms with Crippen LogP contribution >= 0.6 is 11.3 Å². The monoisotopic (exact) mass is 324 g/mol. The SMILES string of the molecule is O=C(c1ccn(Cc2ccccc2)n1)N1CCc2ncsc2C1. The molecule has 0 atom stereocenters. The number of hydrogen-bond acceptors (Lipinski definition) is 4. The fraction of sp³-hybridized carbons (Fsp3) is 0.235. The molecule has 1 amide bonds. The first-order chi connectivity index (χ1) is 11.3. The normalized spacial score (nSPS) is 13.8. The van der Waals surface area contributed by atoms with Crippen LogP contribution in [0.5, 0.6) is 0 Å². The summed E-state index contributed by atoms with van der Waals surface area (Å²) in [6, 6.07) is 11.9. The average molecular weight is 324 g/mol. The molecule has 3 aromatic rings. The van der Waals surface area contributed by atoms with Crippen molar-refractivity contribution in [2.45, 2.75) is 19.5 Å². The average Bonchev–Trinajstić information content (AvgIpc) is 3.23. The molecule has 6 heteroatoms. The van der Waals surface area contributed by atoms with Crippen LogP contribution in [0.3, 0.4) is 0 Å². The lowest BCUT2D eigenvalue weighted by molar-refractivity contribution is 0.0729. The van der Waals surface area contributed by atoms with Gasteiger partial charge in [-0.1, -0.05) is 30.3 Å². The molecule has 0 spiro atoms. The van der Waals surface area contributed by atoms with Gasteiger partial charge in [-0.25, -0.2) is 4.98 Å². The molecule has 0 unspecified atom stereocenters. The van der Waals surface area contributed by atoms with Crippen LogP contribution in [0.1, 0.15) is 26.6 Å². The first-order valence-corrected chi connectivity index (χ1v) is 8.45. The van der Waals surface area contributed by atoms with Gasteiger partial charge < -0.3 is 4.90 Å². The summed E-state index contributed by atoms with van der Waals surface area (Å²) < 4.78 is 1.81. The molecule has 1 aliphatic rings. The summed E-state index contributed by atoms with van der Waals surface area (Å²) in [7, 11) is 0. The molecule has 23 heavy (non-hydrogen) atoms. The van der Waals surface area contributed by atoms with Crippen molar-refractivity contribution in [1.82, 2.24) is 19.7 Å². The zero-order valence-corrected chi connectivity index (χ0v) is 13.4. The maximum Gasteiger partial charge on any atom is 0.274 e. The largest absolute Gasteiger partial charge is 0.332 e. The van der Waals surface area contributed by atoms with Crippen LogP contribution in [0.2, 0.25) is 0 Å². The molecule has 0 fully saturated rings. The highest BCUT2D eigenvalue weighted by Gasteiger charge is 2.24. The van der Waals surface area contributed by atoms with Crippen LogP contribution in [0.4, 0.5) is 0 Å². The second-order valence-electron chi connectivity index (χ2n) is 5.58. The molecular formula is C17H16N4OS. The summed E-state index contributed by atoms with van der Waals surface area (Å²) in [4.78, 5) is 20.0. The highest BCUT2D eigenvalue weighted by atomic mass is 32.1. The van der Waals surface area contributed by atoms with E-state index in [2.05, 4.69) is 22.2 Å². The maximum absolute atomic E-state index is 12.6. The minimum absolute atomic E-state index is 0.00383. The van der Waals surface area contributed by atoms with E-state index in [1.165, 1.54) is 10.4 Å². The van der Waals surface area contributed by atoms with Gasteiger partial charge in [-0.05, 0) is 11.6 Å². The minimum Gasteiger partial charge on any atom is -0.332 e. The van der Waals surface area contributed by atoms with Crippen LogP contribution < -0.4 is 0 Å². The van der Waals surface area contributed by atoms with Crippen LogP contribution in [-0.4, -0.2) is 32.1 Å². The van der Waals surface area contributed by atoms with Crippen LogP contribution in [-0.2, 0) is 19.5 Å². The Labute approximate surface area is 138 Å². The van der Waals surface area contributed by atoms with Gasteiger partial charge in [-0.3, -0.25) is 9.48 Å². The molecule has 116 valence electrons. The molecule has 5 nitrogen and oxygen atoms in total. The molecule has 0 radical (unpaired) electrons. The number of benzene rings is 1. The van der Waals surface area contributed by atoms with Crippen molar-refractivity contribution in [2.24, 2.45) is 0 Å². The summed E-state index contributed by atoms with van der Waals surface area (Å²) >= 11 is 1.62. The Morgan fingerprint density at radius 3 is 2.96 bits per heavy atom. The van der Waals surface area contributed by atoms with Crippen molar-refractivity contribution in [1.29, 1.82) is 0 Å². The van der Waals surface area contributed by atoms with Crippen molar-refractivity contribution >= 4 is 17.2 Å². The maximum atomic E-state index is 12.6. The fourth-order valence-corrected chi connectivity index (χ4v) is 3.62. The summed E-state index contributed by atoms with van der Waals surface area (Å²) in [5.41, 5.74) is 4.66. The molecule has 0 bridgehead atoms. The van der Waals surface area contributed by atoms with E-state index >= 15 is 0 Å². The number of rotatable bonds is 3. The van der Waals surface area contributed by atoms with E-state index in [4.69, 9.17) is 0 Å². The second kappa shape index (κ2) is 5.96. The standard InChI is InChI=1S/C17H16N4OS/c22-17(20-8-6-14-16(11-20)23-12-18-14)15-7-9-21(19-15)10-13-4-2-1-3-5-13/h1-5,7,9,12H,6,8,10-11H2. The predicted molar refractivity (Wildman–Crippen MR) is 88.3 cm³/mol. The zero-order valence-electron chi connectivity index (χ0n) is 12.6. The van der Waals surface area contributed by atoms with Gasteiger partial charge in [0.2, 0.25) is 0 Å². The summed E-state index contributed by atoms with van der Waals surface area (Å²) in [6.45, 7) is 2.03. The Balaban J connectivity index is 1.47. The van der Waals surface area contributed by atoms with Gasteiger partial charge in [0.1, 0.15) is 5.69 Å². The number of hydrogen-bond donors (Lipinski definition) is 0. The summed E-state index contributed by atoms with van der Waals surface area (Å²) in [5.74, 6) is -0.00383. The van der Waals surface area contributed by atoms with Gasteiger partial charge in [0.25, 0.3) is 5.91 Å². The Hall–Kier alpha value is -2.47. The number of carbonyl (C=O) groups excluding carboxylic acids is 1. The Morgan fingerprint density at radius 1 is 1.22 bits per heavy atom. The van der Waals surface area contributed by atoms with Gasteiger partial charge in [0.05, 0.1) is 24.3 Å². The molecule has 2 aromatic heterocycles. The molecule has 4 rings (SSSR count). The number of fused-ring (bicyclic) bond motifs is 1. The summed E-state index contributed by atoms with van der Waals surface area (Å²) in [6.07, 6.45) is 2.69. The van der Waals surface area contributed by atoms with Crippen molar-refractivity contribution in [3.63, 3.8) is 0 Å². The lowest BCUT2D eigenvalue weighted by atomic mass is 10.1. The first-order valence-electron chi connectivity index (χ1n) is 7.57. The Kier molecular flexibility index (Phi) is 3.67. The molecule has 1 aromatic carbocycles. The molecule has 0 saturated carbocycles. The lowest BCUT2D eigenvalue weighted by Crippen LogP contribution is -2.35. The lowest BCUT2D eigenvalue weighted by Gasteiger charge is -2.25. The van der Waals surface area contributed by atoms with Gasteiger partial charge >= 0.3 is 0 Å². The van der Waals surface area contributed by atoms with Crippen molar-refractivity contribution in [3.8, 4) is 0 Å². The minimum atomic E-state index is -0.00383. The van der Waals surface area contributed by atoms with Gasteiger partial charge in [-0.15, -0.1) is 11.3 Å². The quantitative estimate of drug-likeness (QED) is 0.744. The number of nitrogens with zero attached hydrogens (tertiary/aromatic N) is 4. The van der Waals surface area contributed by atoms with Crippen LogP contribution in [0, 0.1) is 0 Å². The van der Waals surface area contributed by atoms with Gasteiger partial charge in [0, 0.05) is 24.0 Å². The summed E-state index contributed by atoms with van der Waals surface area (Å²) in [5, 5.41) is 4.44. The Morgan fingerprint density at radius 2 is 2.09 bits per heavy atom. The third-order valence-corrected chi connectivity index (χ3v) is 4.87. The van der Waals surface area contributed by atoms with E-state index < -0.39 is 0 Å². The van der Waals surface area contributed by atoms with E-state index in [0.717, 1.165) is 12.1 Å². The van der Waals surface area contributed by atoms with Gasteiger partial charge in [-0.2, -0.15) is 5.10 Å².